The summed E-state index contributed by atoms with van der Waals surface area (Å²) >= 11 is 0. The first-order valence-electron chi connectivity index (χ1n) is 6.81. The van der Waals surface area contributed by atoms with Crippen LogP contribution in [0.15, 0.2) is 30.3 Å². The Hall–Kier alpha value is -3.42. The lowest BCUT2D eigenvalue weighted by Gasteiger charge is -2.16. The first kappa shape index (κ1) is 16.9. The number of nitrogen functional groups attached to an aromatic ring is 1. The third kappa shape index (κ3) is 3.67. The van der Waals surface area contributed by atoms with E-state index in [4.69, 9.17) is 15.2 Å². The van der Waals surface area contributed by atoms with Crippen LogP contribution in [-0.4, -0.2) is 29.2 Å². The summed E-state index contributed by atoms with van der Waals surface area (Å²) in [5.74, 6) is -1.71. The summed E-state index contributed by atoms with van der Waals surface area (Å²) in [6.07, 6.45) is 0. The van der Waals surface area contributed by atoms with Gasteiger partial charge in [0.15, 0.2) is 5.75 Å². The van der Waals surface area contributed by atoms with Gasteiger partial charge in [-0.25, -0.2) is 4.79 Å². The maximum absolute atomic E-state index is 11.3. The molecule has 0 bridgehead atoms. The van der Waals surface area contributed by atoms with Crippen molar-refractivity contribution in [1.29, 1.82) is 0 Å². The predicted octanol–water partition coefficient (Wildman–Crippen LogP) is 2.43. The lowest BCUT2D eigenvalue weighted by Crippen LogP contribution is -2.08. The van der Waals surface area contributed by atoms with E-state index in [2.05, 4.69) is 5.32 Å². The number of carboxylic acids is 1. The fraction of sp³-hybridized carbons (Fsp3) is 0.125. The van der Waals surface area contributed by atoms with Crippen LogP contribution in [-0.2, 0) is 4.79 Å². The number of aromatic hydroxyl groups is 1. The normalized spacial score (nSPS) is 10.1. The number of aromatic carboxylic acids is 1. The fourth-order valence-electron chi connectivity index (χ4n) is 1.99. The number of amides is 1. The zero-order chi connectivity index (χ0) is 17.9. The van der Waals surface area contributed by atoms with E-state index in [1.165, 1.54) is 44.4 Å². The molecule has 24 heavy (non-hydrogen) atoms. The van der Waals surface area contributed by atoms with Crippen molar-refractivity contribution in [3.63, 3.8) is 0 Å². The number of carboxylic acid groups (broad SMARTS) is 1. The van der Waals surface area contributed by atoms with E-state index >= 15 is 0 Å². The highest BCUT2D eigenvalue weighted by molar-refractivity contribution is 5.94. The van der Waals surface area contributed by atoms with Crippen molar-refractivity contribution < 1.29 is 29.3 Å². The Bertz CT molecular complexity index is 803. The lowest BCUT2D eigenvalue weighted by atomic mass is 10.1. The largest absolute Gasteiger partial charge is 0.505 e. The van der Waals surface area contributed by atoms with Gasteiger partial charge in [-0.3, -0.25) is 4.79 Å². The molecular formula is C16H16N2O6. The van der Waals surface area contributed by atoms with E-state index in [-0.39, 0.29) is 34.2 Å². The van der Waals surface area contributed by atoms with Crippen LogP contribution in [0.5, 0.6) is 23.0 Å². The van der Waals surface area contributed by atoms with Crippen LogP contribution in [0, 0.1) is 0 Å². The van der Waals surface area contributed by atoms with Gasteiger partial charge in [-0.2, -0.15) is 0 Å². The van der Waals surface area contributed by atoms with Gasteiger partial charge in [-0.1, -0.05) is 0 Å². The molecule has 8 nitrogen and oxygen atoms in total. The van der Waals surface area contributed by atoms with Gasteiger partial charge in [0.2, 0.25) is 5.91 Å². The van der Waals surface area contributed by atoms with Gasteiger partial charge >= 0.3 is 5.97 Å². The van der Waals surface area contributed by atoms with E-state index in [1.807, 2.05) is 0 Å². The average molecular weight is 332 g/mol. The molecule has 2 aromatic carbocycles. The van der Waals surface area contributed by atoms with Gasteiger partial charge in [-0.05, 0) is 12.1 Å². The first-order valence-corrected chi connectivity index (χ1v) is 6.81. The van der Waals surface area contributed by atoms with Crippen LogP contribution in [0.25, 0.3) is 0 Å². The van der Waals surface area contributed by atoms with E-state index in [9.17, 15) is 19.8 Å². The third-order valence-electron chi connectivity index (χ3n) is 3.05. The van der Waals surface area contributed by atoms with Crippen molar-refractivity contribution >= 4 is 23.3 Å². The van der Waals surface area contributed by atoms with E-state index < -0.39 is 11.9 Å². The molecule has 0 spiro atoms. The summed E-state index contributed by atoms with van der Waals surface area (Å²) in [4.78, 5) is 22.6. The van der Waals surface area contributed by atoms with Crippen molar-refractivity contribution in [3.05, 3.63) is 35.9 Å². The molecule has 0 radical (unpaired) electrons. The number of anilines is 2. The molecule has 0 atom stereocenters. The minimum atomic E-state index is -1.21. The molecule has 126 valence electrons. The van der Waals surface area contributed by atoms with Crippen molar-refractivity contribution in [3.8, 4) is 23.0 Å². The summed E-state index contributed by atoms with van der Waals surface area (Å²) in [6, 6.07) is 6.74. The number of carbonyl (C=O) groups is 2. The number of hydrogen-bond acceptors (Lipinski definition) is 6. The minimum Gasteiger partial charge on any atom is -0.505 e. The van der Waals surface area contributed by atoms with Crippen LogP contribution in [0.1, 0.15) is 17.3 Å². The Balaban J connectivity index is 2.56. The summed E-state index contributed by atoms with van der Waals surface area (Å²) in [5.41, 5.74) is 5.83. The Morgan fingerprint density at radius 3 is 2.46 bits per heavy atom. The van der Waals surface area contributed by atoms with E-state index in [0.29, 0.717) is 5.69 Å². The Kier molecular flexibility index (Phi) is 4.78. The van der Waals surface area contributed by atoms with Crippen molar-refractivity contribution in [2.45, 2.75) is 6.92 Å². The number of methoxy groups -OCH3 is 1. The van der Waals surface area contributed by atoms with Crippen LogP contribution < -0.4 is 20.5 Å². The van der Waals surface area contributed by atoms with Crippen LogP contribution in [0.3, 0.4) is 0 Å². The fourth-order valence-corrected chi connectivity index (χ4v) is 1.99. The van der Waals surface area contributed by atoms with Crippen LogP contribution in [0.4, 0.5) is 11.4 Å². The maximum atomic E-state index is 11.3. The quantitative estimate of drug-likeness (QED) is 0.488. The summed E-state index contributed by atoms with van der Waals surface area (Å²) < 4.78 is 10.6. The van der Waals surface area contributed by atoms with Crippen molar-refractivity contribution in [2.75, 3.05) is 18.2 Å². The number of nitrogens with one attached hydrogen (secondary N) is 1. The number of ether oxygens (including phenoxy) is 2. The molecule has 0 heterocycles. The third-order valence-corrected chi connectivity index (χ3v) is 3.05. The van der Waals surface area contributed by atoms with Gasteiger partial charge in [0.05, 0.1) is 7.11 Å². The second-order valence-electron chi connectivity index (χ2n) is 4.86. The highest BCUT2D eigenvalue weighted by Gasteiger charge is 2.18. The second-order valence-corrected chi connectivity index (χ2v) is 4.86. The molecule has 5 N–H and O–H groups in total. The van der Waals surface area contributed by atoms with Gasteiger partial charge in [0.1, 0.15) is 28.5 Å². The van der Waals surface area contributed by atoms with Gasteiger partial charge < -0.3 is 30.7 Å². The number of rotatable bonds is 5. The molecule has 0 aliphatic carbocycles. The van der Waals surface area contributed by atoms with E-state index in [1.54, 1.807) is 0 Å². The average Bonchev–Trinajstić information content (AvgIpc) is 2.49. The first-order chi connectivity index (χ1) is 11.3. The number of phenolic OH excluding ortho intramolecular Hbond substituents is 1. The predicted molar refractivity (Wildman–Crippen MR) is 86.9 cm³/mol. The van der Waals surface area contributed by atoms with Gasteiger partial charge in [0, 0.05) is 30.8 Å². The minimum absolute atomic E-state index is 0.00940. The second kappa shape index (κ2) is 6.78. The Labute approximate surface area is 137 Å². The number of benzene rings is 2. The number of nitrogens with two attached hydrogens (primary N) is 1. The van der Waals surface area contributed by atoms with Crippen LogP contribution >= 0.6 is 0 Å². The number of carbonyl (C=O) groups excluding carboxylic acids is 1. The molecule has 0 aliphatic rings. The SMILES string of the molecule is COc1cc(O)c(NC(C)=O)c(Oc2cc(N)ccc2C(=O)O)c1. The molecule has 0 aromatic heterocycles. The van der Waals surface area contributed by atoms with E-state index in [0.717, 1.165) is 0 Å². The topological polar surface area (TPSA) is 131 Å². The summed E-state index contributed by atoms with van der Waals surface area (Å²) in [7, 11) is 1.39. The van der Waals surface area contributed by atoms with Crippen molar-refractivity contribution in [2.24, 2.45) is 0 Å². The van der Waals surface area contributed by atoms with Crippen LogP contribution in [0.2, 0.25) is 0 Å². The Morgan fingerprint density at radius 2 is 1.88 bits per heavy atom. The molecule has 0 saturated heterocycles. The lowest BCUT2D eigenvalue weighted by molar-refractivity contribution is -0.114. The molecule has 2 rings (SSSR count). The smallest absolute Gasteiger partial charge is 0.339 e. The molecular weight excluding hydrogens is 316 g/mol. The zero-order valence-electron chi connectivity index (χ0n) is 13.0. The molecule has 0 aliphatic heterocycles. The Morgan fingerprint density at radius 1 is 1.17 bits per heavy atom. The monoisotopic (exact) mass is 332 g/mol. The molecule has 2 aromatic rings. The maximum Gasteiger partial charge on any atom is 0.339 e. The highest BCUT2D eigenvalue weighted by Crippen LogP contribution is 2.41. The van der Waals surface area contributed by atoms with Gasteiger partial charge in [-0.15, -0.1) is 0 Å². The number of phenols is 1. The molecule has 1 amide bonds. The standard InChI is InChI=1S/C16H16N2O6/c1-8(19)18-15-12(20)6-10(23-2)7-14(15)24-13-5-9(17)3-4-11(13)16(21)22/h3-7,20H,17H2,1-2H3,(H,18,19)(H,21,22). The van der Waals surface area contributed by atoms with Crippen molar-refractivity contribution in [1.82, 2.24) is 0 Å². The molecule has 0 fully saturated rings. The highest BCUT2D eigenvalue weighted by atomic mass is 16.5. The number of hydrogen-bond donors (Lipinski definition) is 4. The zero-order valence-corrected chi connectivity index (χ0v) is 13.0. The van der Waals surface area contributed by atoms with Gasteiger partial charge in [0.25, 0.3) is 0 Å². The summed E-state index contributed by atoms with van der Waals surface area (Å²) in [5, 5.41) is 21.7. The molecule has 0 unspecified atom stereocenters. The summed E-state index contributed by atoms with van der Waals surface area (Å²) in [6.45, 7) is 1.26. The molecule has 8 heteroatoms. The molecule has 0 saturated carbocycles.